The van der Waals surface area contributed by atoms with Crippen LogP contribution in [0.5, 0.6) is 5.75 Å². The maximum absolute atomic E-state index is 11.6. The van der Waals surface area contributed by atoms with E-state index >= 15 is 0 Å². The summed E-state index contributed by atoms with van der Waals surface area (Å²) >= 11 is 0. The van der Waals surface area contributed by atoms with E-state index in [1.807, 2.05) is 0 Å². The quantitative estimate of drug-likeness (QED) is 0.498. The van der Waals surface area contributed by atoms with Gasteiger partial charge in [-0.2, -0.15) is 0 Å². The molecule has 6 heteroatoms. The molecule has 0 bridgehead atoms. The van der Waals surface area contributed by atoms with Crippen molar-refractivity contribution in [1.29, 1.82) is 0 Å². The Bertz CT molecular complexity index is 402. The van der Waals surface area contributed by atoms with Gasteiger partial charge >= 0.3 is 35.5 Å². The van der Waals surface area contributed by atoms with Crippen LogP contribution < -0.4 is 29.6 Å². The molecule has 1 aromatic carbocycles. The number of carbonyl (C=O) groups is 1. The number of aliphatic hydroxyl groups excluding tert-OH is 1. The number of hydrogen-bond donors (Lipinski definition) is 2. The minimum Gasteiger partial charge on any atom is -1.00 e. The van der Waals surface area contributed by atoms with Crippen LogP contribution in [-0.4, -0.2) is 30.2 Å². The molecule has 1 rings (SSSR count). The van der Waals surface area contributed by atoms with Crippen LogP contribution in [0.25, 0.3) is 0 Å². The number of hydrogen-bond acceptors (Lipinski definition) is 4. The maximum Gasteiger partial charge on any atom is 1.00 e. The summed E-state index contributed by atoms with van der Waals surface area (Å²) in [6, 6.07) is 4.30. The molecule has 0 aliphatic heterocycles. The fourth-order valence-corrected chi connectivity index (χ4v) is 1.16. The molecule has 0 atom stereocenters. The van der Waals surface area contributed by atoms with Crippen molar-refractivity contribution in [3.8, 4) is 5.75 Å². The number of aliphatic hydroxyl groups is 1. The zero-order valence-electron chi connectivity index (χ0n) is 11.2. The summed E-state index contributed by atoms with van der Waals surface area (Å²) in [6.45, 7) is 5.05. The predicted molar refractivity (Wildman–Crippen MR) is 65.0 cm³/mol. The Kier molecular flexibility index (Phi) is 8.65. The number of phenols is 1. The summed E-state index contributed by atoms with van der Waals surface area (Å²) in [7, 11) is 0. The second-order valence-corrected chi connectivity index (χ2v) is 4.50. The first-order valence-corrected chi connectivity index (χ1v) is 4.99. The van der Waals surface area contributed by atoms with Crippen LogP contribution in [0.15, 0.2) is 18.2 Å². The molecule has 4 nitrogen and oxygen atoms in total. The van der Waals surface area contributed by atoms with Crippen molar-refractivity contribution in [1.82, 2.24) is 0 Å². The molecular weight excluding hydrogens is 242 g/mol. The molecule has 4 radical (unpaired) electrons. The minimum absolute atomic E-state index is 0. The average molecular weight is 258 g/mol. The topological polar surface area (TPSA) is 66.8 Å². The molecule has 2 N–H and O–H groups in total. The fraction of sp³-hybridized carbons (Fsp3) is 0.417. The number of rotatable bonds is 2. The van der Waals surface area contributed by atoms with Crippen molar-refractivity contribution in [2.24, 2.45) is 0 Å². The zero-order valence-corrected chi connectivity index (χ0v) is 13.2. The van der Waals surface area contributed by atoms with Crippen LogP contribution in [0, 0.1) is 0 Å². The second-order valence-electron chi connectivity index (χ2n) is 4.50. The van der Waals surface area contributed by atoms with Crippen LogP contribution in [0.3, 0.4) is 0 Å². The van der Waals surface area contributed by atoms with Crippen molar-refractivity contribution in [3.63, 3.8) is 0 Å². The van der Waals surface area contributed by atoms with Crippen molar-refractivity contribution >= 4 is 14.4 Å². The van der Waals surface area contributed by atoms with E-state index in [-0.39, 0.29) is 55.9 Å². The van der Waals surface area contributed by atoms with Gasteiger partial charge in [-0.1, -0.05) is 6.07 Å². The Morgan fingerprint density at radius 2 is 1.89 bits per heavy atom. The van der Waals surface area contributed by atoms with Gasteiger partial charge in [0.25, 0.3) is 0 Å². The molecule has 0 unspecified atom stereocenters. The summed E-state index contributed by atoms with van der Waals surface area (Å²) in [5.74, 6) is -0.599. The van der Waals surface area contributed by atoms with E-state index in [4.69, 9.17) is 9.84 Å². The molecule has 0 aromatic heterocycles. The number of carbonyl (C=O) groups excluding carboxylic acids is 1. The Balaban J connectivity index is 0. The number of aromatic hydroxyl groups is 1. The van der Waals surface area contributed by atoms with Crippen molar-refractivity contribution < 1.29 is 49.3 Å². The molecule has 92 valence electrons. The monoisotopic (exact) mass is 258 g/mol. The van der Waals surface area contributed by atoms with Crippen molar-refractivity contribution in [2.45, 2.75) is 33.0 Å². The van der Waals surface area contributed by atoms with E-state index < -0.39 is 11.6 Å². The molecule has 18 heavy (non-hydrogen) atoms. The summed E-state index contributed by atoms with van der Waals surface area (Å²) < 4.78 is 5.14. The van der Waals surface area contributed by atoms with Gasteiger partial charge in [-0.25, -0.2) is 4.79 Å². The van der Waals surface area contributed by atoms with E-state index in [0.717, 1.165) is 0 Å². The summed E-state index contributed by atoms with van der Waals surface area (Å²) in [6.07, 6.45) is 0. The minimum atomic E-state index is -0.567. The summed E-state index contributed by atoms with van der Waals surface area (Å²) in [5, 5.41) is 18.3. The van der Waals surface area contributed by atoms with Crippen molar-refractivity contribution in [3.05, 3.63) is 29.3 Å². The largest absolute Gasteiger partial charge is 1.00 e. The van der Waals surface area contributed by atoms with Crippen LogP contribution >= 0.6 is 0 Å². The molecule has 0 saturated heterocycles. The van der Waals surface area contributed by atoms with Gasteiger partial charge in [0, 0.05) is 5.56 Å². The van der Waals surface area contributed by atoms with Gasteiger partial charge in [0.05, 0.1) is 12.2 Å². The molecule has 0 spiro atoms. The zero-order chi connectivity index (χ0) is 12.3. The summed E-state index contributed by atoms with van der Waals surface area (Å²) in [4.78, 5) is 11.6. The Morgan fingerprint density at radius 1 is 1.33 bits per heavy atom. The first-order valence-electron chi connectivity index (χ1n) is 4.99. The molecule has 0 aliphatic carbocycles. The van der Waals surface area contributed by atoms with Gasteiger partial charge in [-0.05, 0) is 32.9 Å². The molecule has 1 aromatic rings. The molecule has 0 heterocycles. The average Bonchev–Trinajstić information content (AvgIpc) is 2.15. The van der Waals surface area contributed by atoms with Crippen LogP contribution in [0.1, 0.15) is 36.7 Å². The SMILES string of the molecule is CC(C)(C)OC(=O)c1ccc(CO)c(O)c1.[B-].[Na+]. The van der Waals surface area contributed by atoms with Gasteiger partial charge in [0.1, 0.15) is 11.4 Å². The Hall–Kier alpha value is -0.485. The molecular formula is C12H16BNaO4. The van der Waals surface area contributed by atoms with E-state index in [1.54, 1.807) is 20.8 Å². The van der Waals surface area contributed by atoms with E-state index in [9.17, 15) is 9.90 Å². The van der Waals surface area contributed by atoms with Gasteiger partial charge in [0.15, 0.2) is 0 Å². The smallest absolute Gasteiger partial charge is 1.00 e. The Labute approximate surface area is 131 Å². The Morgan fingerprint density at radius 3 is 2.28 bits per heavy atom. The first kappa shape index (κ1) is 19.8. The van der Waals surface area contributed by atoms with Crippen LogP contribution in [0.2, 0.25) is 0 Å². The van der Waals surface area contributed by atoms with E-state index in [2.05, 4.69) is 0 Å². The number of benzene rings is 1. The summed E-state index contributed by atoms with van der Waals surface area (Å²) in [5.41, 5.74) is 0.0828. The predicted octanol–water partition coefficient (Wildman–Crippen LogP) is -1.54. The standard InChI is InChI=1S/C12H16O4.B.Na/c1-12(2,3)16-11(15)8-4-5-9(7-13)10(14)6-8;;/h4-6,13-14H,7H2,1-3H3;;/q;-1;+1. The van der Waals surface area contributed by atoms with Gasteiger partial charge in [0.2, 0.25) is 0 Å². The third-order valence-electron chi connectivity index (χ3n) is 1.89. The normalized spacial score (nSPS) is 10.0. The van der Waals surface area contributed by atoms with Crippen molar-refractivity contribution in [2.75, 3.05) is 0 Å². The van der Waals surface area contributed by atoms with Gasteiger partial charge < -0.3 is 23.4 Å². The van der Waals surface area contributed by atoms with Crippen LogP contribution in [0.4, 0.5) is 0 Å². The molecule has 0 aliphatic rings. The van der Waals surface area contributed by atoms with Crippen LogP contribution in [-0.2, 0) is 11.3 Å². The molecule has 0 fully saturated rings. The maximum atomic E-state index is 11.6. The van der Waals surface area contributed by atoms with Gasteiger partial charge in [-0.15, -0.1) is 0 Å². The second kappa shape index (κ2) is 7.84. The van der Waals surface area contributed by atoms with Gasteiger partial charge in [-0.3, -0.25) is 0 Å². The third-order valence-corrected chi connectivity index (χ3v) is 1.89. The van der Waals surface area contributed by atoms with E-state index in [1.165, 1.54) is 18.2 Å². The number of ether oxygens (including phenoxy) is 1. The first-order chi connectivity index (χ1) is 7.33. The molecule has 0 saturated carbocycles. The molecule has 0 amide bonds. The fourth-order valence-electron chi connectivity index (χ4n) is 1.16. The third kappa shape index (κ3) is 5.91. The number of esters is 1. The van der Waals surface area contributed by atoms with E-state index in [0.29, 0.717) is 5.56 Å².